The number of carbonyl (C=O) groups excluding carboxylic acids is 2. The standard InChI is InChI=1S/C25H33BrN2O4/c1-18(2)16-27-25(30)19(3)28(17-20-7-5-8-21(26)15-20)24(29)9-6-14-32-23-12-10-22(31-4)11-13-23/h5,7-8,10-13,15,18-19H,6,9,14,16-17H2,1-4H3,(H,27,30)/t19-/m0/s1. The minimum absolute atomic E-state index is 0.0736. The van der Waals surface area contributed by atoms with Gasteiger partial charge >= 0.3 is 0 Å². The Balaban J connectivity index is 1.97. The van der Waals surface area contributed by atoms with Gasteiger partial charge < -0.3 is 19.7 Å². The number of nitrogens with one attached hydrogen (secondary N) is 1. The summed E-state index contributed by atoms with van der Waals surface area (Å²) in [6, 6.07) is 14.5. The maximum atomic E-state index is 13.1. The van der Waals surface area contributed by atoms with Crippen LogP contribution in [0.15, 0.2) is 53.0 Å². The van der Waals surface area contributed by atoms with E-state index in [-0.39, 0.29) is 11.8 Å². The van der Waals surface area contributed by atoms with E-state index in [0.717, 1.165) is 21.5 Å². The highest BCUT2D eigenvalue weighted by Gasteiger charge is 2.26. The molecule has 0 bridgehead atoms. The van der Waals surface area contributed by atoms with Gasteiger partial charge in [-0.15, -0.1) is 0 Å². The molecule has 2 amide bonds. The highest BCUT2D eigenvalue weighted by molar-refractivity contribution is 9.10. The van der Waals surface area contributed by atoms with Crippen molar-refractivity contribution in [3.8, 4) is 11.5 Å². The molecule has 0 aliphatic carbocycles. The molecule has 2 aromatic rings. The Kier molecular flexibility index (Phi) is 10.5. The largest absolute Gasteiger partial charge is 0.497 e. The van der Waals surface area contributed by atoms with Crippen molar-refractivity contribution >= 4 is 27.7 Å². The Bertz CT molecular complexity index is 871. The Hall–Kier alpha value is -2.54. The lowest BCUT2D eigenvalue weighted by Gasteiger charge is -2.29. The third-order valence-electron chi connectivity index (χ3n) is 4.96. The molecule has 0 saturated carbocycles. The molecule has 6 nitrogen and oxygen atoms in total. The zero-order valence-electron chi connectivity index (χ0n) is 19.3. The van der Waals surface area contributed by atoms with Crippen LogP contribution in [0.2, 0.25) is 0 Å². The molecule has 1 N–H and O–H groups in total. The number of methoxy groups -OCH3 is 1. The van der Waals surface area contributed by atoms with Crippen LogP contribution in [0.25, 0.3) is 0 Å². The quantitative estimate of drug-likeness (QED) is 0.421. The number of amides is 2. The smallest absolute Gasteiger partial charge is 0.242 e. The normalized spacial score (nSPS) is 11.7. The SMILES string of the molecule is COc1ccc(OCCCC(=O)N(Cc2cccc(Br)c2)[C@@H](C)C(=O)NCC(C)C)cc1. The van der Waals surface area contributed by atoms with Gasteiger partial charge in [0.15, 0.2) is 0 Å². The van der Waals surface area contributed by atoms with Crippen LogP contribution in [0, 0.1) is 5.92 Å². The lowest BCUT2D eigenvalue weighted by Crippen LogP contribution is -2.48. The number of ether oxygens (including phenoxy) is 2. The Labute approximate surface area is 199 Å². The van der Waals surface area contributed by atoms with Crippen molar-refractivity contribution in [1.82, 2.24) is 10.2 Å². The van der Waals surface area contributed by atoms with Gasteiger partial charge in [-0.1, -0.05) is 41.9 Å². The highest BCUT2D eigenvalue weighted by Crippen LogP contribution is 2.18. The van der Waals surface area contributed by atoms with Crippen molar-refractivity contribution in [2.45, 2.75) is 46.2 Å². The second-order valence-electron chi connectivity index (χ2n) is 8.09. The van der Waals surface area contributed by atoms with Gasteiger partial charge in [0, 0.05) is 24.0 Å². The molecule has 0 saturated heterocycles. The summed E-state index contributed by atoms with van der Waals surface area (Å²) in [7, 11) is 1.62. The van der Waals surface area contributed by atoms with Crippen LogP contribution < -0.4 is 14.8 Å². The molecule has 0 aromatic heterocycles. The Morgan fingerprint density at radius 3 is 2.38 bits per heavy atom. The molecule has 0 aliphatic heterocycles. The minimum atomic E-state index is -0.567. The van der Waals surface area contributed by atoms with Crippen LogP contribution >= 0.6 is 15.9 Å². The van der Waals surface area contributed by atoms with Crippen LogP contribution in [0.1, 0.15) is 39.2 Å². The zero-order valence-corrected chi connectivity index (χ0v) is 20.9. The lowest BCUT2D eigenvalue weighted by atomic mass is 10.1. The number of benzene rings is 2. The topological polar surface area (TPSA) is 67.9 Å². The molecular weight excluding hydrogens is 472 g/mol. The summed E-state index contributed by atoms with van der Waals surface area (Å²) < 4.78 is 11.8. The first-order valence-corrected chi connectivity index (χ1v) is 11.7. The number of rotatable bonds is 12. The van der Waals surface area contributed by atoms with E-state index >= 15 is 0 Å². The Morgan fingerprint density at radius 1 is 1.06 bits per heavy atom. The van der Waals surface area contributed by atoms with Crippen LogP contribution in [0.5, 0.6) is 11.5 Å². The van der Waals surface area contributed by atoms with Crippen LogP contribution in [0.3, 0.4) is 0 Å². The molecule has 7 heteroatoms. The van der Waals surface area contributed by atoms with E-state index in [1.807, 2.05) is 62.4 Å². The summed E-state index contributed by atoms with van der Waals surface area (Å²) in [5.41, 5.74) is 0.964. The fourth-order valence-electron chi connectivity index (χ4n) is 3.10. The van der Waals surface area contributed by atoms with E-state index in [4.69, 9.17) is 9.47 Å². The molecule has 32 heavy (non-hydrogen) atoms. The second-order valence-corrected chi connectivity index (χ2v) is 9.01. The molecule has 0 fully saturated rings. The molecule has 2 aromatic carbocycles. The number of nitrogens with zero attached hydrogens (tertiary/aromatic N) is 1. The van der Waals surface area contributed by atoms with Crippen molar-refractivity contribution in [3.63, 3.8) is 0 Å². The number of halogens is 1. The van der Waals surface area contributed by atoms with E-state index in [1.54, 1.807) is 18.9 Å². The molecule has 0 heterocycles. The third kappa shape index (κ3) is 8.54. The Morgan fingerprint density at radius 2 is 1.75 bits per heavy atom. The highest BCUT2D eigenvalue weighted by atomic mass is 79.9. The molecular formula is C25H33BrN2O4. The van der Waals surface area contributed by atoms with Crippen molar-refractivity contribution < 1.29 is 19.1 Å². The van der Waals surface area contributed by atoms with E-state index < -0.39 is 6.04 Å². The van der Waals surface area contributed by atoms with Gasteiger partial charge in [-0.05, 0) is 61.2 Å². The number of hydrogen-bond acceptors (Lipinski definition) is 4. The first-order valence-electron chi connectivity index (χ1n) is 10.9. The van der Waals surface area contributed by atoms with E-state index in [9.17, 15) is 9.59 Å². The maximum Gasteiger partial charge on any atom is 0.242 e. The van der Waals surface area contributed by atoms with Crippen molar-refractivity contribution in [3.05, 3.63) is 58.6 Å². The van der Waals surface area contributed by atoms with Crippen LogP contribution in [-0.2, 0) is 16.1 Å². The van der Waals surface area contributed by atoms with Crippen LogP contribution in [-0.4, -0.2) is 43.0 Å². The predicted molar refractivity (Wildman–Crippen MR) is 130 cm³/mol. The second kappa shape index (κ2) is 13.1. The minimum Gasteiger partial charge on any atom is -0.497 e. The summed E-state index contributed by atoms with van der Waals surface area (Å²) in [6.45, 7) is 7.22. The van der Waals surface area contributed by atoms with Gasteiger partial charge in [0.1, 0.15) is 17.5 Å². The van der Waals surface area contributed by atoms with Gasteiger partial charge in [0.05, 0.1) is 13.7 Å². The summed E-state index contributed by atoms with van der Waals surface area (Å²) >= 11 is 3.47. The molecule has 1 atom stereocenters. The fourth-order valence-corrected chi connectivity index (χ4v) is 3.54. The maximum absolute atomic E-state index is 13.1. The molecule has 174 valence electrons. The number of carbonyl (C=O) groups is 2. The van der Waals surface area contributed by atoms with Crippen molar-refractivity contribution in [2.24, 2.45) is 5.92 Å². The zero-order chi connectivity index (χ0) is 23.5. The lowest BCUT2D eigenvalue weighted by molar-refractivity contribution is -0.140. The number of hydrogen-bond donors (Lipinski definition) is 1. The average molecular weight is 505 g/mol. The van der Waals surface area contributed by atoms with Crippen molar-refractivity contribution in [1.29, 1.82) is 0 Å². The predicted octanol–water partition coefficient (Wildman–Crippen LogP) is 4.81. The van der Waals surface area contributed by atoms with E-state index in [1.165, 1.54) is 0 Å². The molecule has 2 rings (SSSR count). The summed E-state index contributed by atoms with van der Waals surface area (Å²) in [6.07, 6.45) is 0.853. The first-order chi connectivity index (χ1) is 15.3. The van der Waals surface area contributed by atoms with E-state index in [0.29, 0.717) is 38.5 Å². The molecule has 0 unspecified atom stereocenters. The molecule has 0 aliphatic rings. The van der Waals surface area contributed by atoms with Gasteiger partial charge in [-0.2, -0.15) is 0 Å². The average Bonchev–Trinajstić information content (AvgIpc) is 2.78. The first kappa shape index (κ1) is 25.7. The summed E-state index contributed by atoms with van der Waals surface area (Å²) in [5, 5.41) is 2.94. The van der Waals surface area contributed by atoms with Gasteiger partial charge in [-0.25, -0.2) is 0 Å². The van der Waals surface area contributed by atoms with Gasteiger partial charge in [-0.3, -0.25) is 9.59 Å². The summed E-state index contributed by atoms with van der Waals surface area (Å²) in [4.78, 5) is 27.4. The van der Waals surface area contributed by atoms with Gasteiger partial charge in [0.25, 0.3) is 0 Å². The molecule has 0 radical (unpaired) electrons. The van der Waals surface area contributed by atoms with Gasteiger partial charge in [0.2, 0.25) is 11.8 Å². The van der Waals surface area contributed by atoms with E-state index in [2.05, 4.69) is 21.2 Å². The summed E-state index contributed by atoms with van der Waals surface area (Å²) in [5.74, 6) is 1.62. The van der Waals surface area contributed by atoms with Crippen molar-refractivity contribution in [2.75, 3.05) is 20.3 Å². The third-order valence-corrected chi connectivity index (χ3v) is 5.45. The monoisotopic (exact) mass is 504 g/mol. The fraction of sp³-hybridized carbons (Fsp3) is 0.440. The molecule has 0 spiro atoms. The van der Waals surface area contributed by atoms with Crippen LogP contribution in [0.4, 0.5) is 0 Å².